The van der Waals surface area contributed by atoms with Crippen LogP contribution in [0.5, 0.6) is 0 Å². The molecule has 0 bridgehead atoms. The van der Waals surface area contributed by atoms with Crippen molar-refractivity contribution < 1.29 is 66.3 Å². The first-order chi connectivity index (χ1) is 20.2. The average Bonchev–Trinajstić information content (AvgIpc) is 3.56. The molecule has 6 rings (SSSR count). The van der Waals surface area contributed by atoms with Crippen LogP contribution in [0.3, 0.4) is 0 Å². The number of ketones is 1. The number of carbonyl (C=O) groups is 2. The molecule has 234 valence electrons. The van der Waals surface area contributed by atoms with Crippen LogP contribution in [0.1, 0.15) is 12.6 Å². The van der Waals surface area contributed by atoms with Gasteiger partial charge in [0.25, 0.3) is 5.56 Å². The lowest BCUT2D eigenvalue weighted by molar-refractivity contribution is -0.148. The Balaban J connectivity index is 1.27. The highest BCUT2D eigenvalue weighted by molar-refractivity contribution is 7.47. The molecule has 2 aromatic heterocycles. The Bertz CT molecular complexity index is 1650. The highest BCUT2D eigenvalue weighted by atomic mass is 31.2. The monoisotopic (exact) mass is 650 g/mol. The fourth-order valence-electron chi connectivity index (χ4n) is 5.03. The van der Waals surface area contributed by atoms with Gasteiger partial charge in [-0.05, 0) is 6.08 Å². The Morgan fingerprint density at radius 2 is 1.53 bits per heavy atom. The Morgan fingerprint density at radius 3 is 2.14 bits per heavy atom. The van der Waals surface area contributed by atoms with Crippen LogP contribution >= 0.6 is 15.6 Å². The largest absolute Gasteiger partial charge is 0.472 e. The molecule has 4 aliphatic rings. The van der Waals surface area contributed by atoms with Gasteiger partial charge in [-0.15, -0.1) is 0 Å². The van der Waals surface area contributed by atoms with Gasteiger partial charge in [-0.1, -0.05) is 0 Å². The maximum atomic E-state index is 13.0. The minimum absolute atomic E-state index is 0.122. The zero-order chi connectivity index (χ0) is 30.8. The molecule has 6 heterocycles. The fourth-order valence-corrected chi connectivity index (χ4v) is 6.96. The SMILES string of the molecule is Nc1nc2c(ncn2[C@@H]2O[C@@H]3COP(=O)(O)O[C@H]4[C@@H](O)[C@H](N5C=CC(=O)CC5=O)O[C@@H]4COP(=O)(O)O[C@H]3[C@H]2O)c(=O)[nH]1. The second-order valence-electron chi connectivity index (χ2n) is 9.82. The van der Waals surface area contributed by atoms with Crippen molar-refractivity contribution in [2.24, 2.45) is 0 Å². The number of amides is 1. The van der Waals surface area contributed by atoms with E-state index in [1.54, 1.807) is 0 Å². The van der Waals surface area contributed by atoms with Crippen LogP contribution in [0.25, 0.3) is 11.2 Å². The lowest BCUT2D eigenvalue weighted by Crippen LogP contribution is -2.46. The average molecular weight is 650 g/mol. The van der Waals surface area contributed by atoms with Gasteiger partial charge in [-0.25, -0.2) is 14.1 Å². The lowest BCUT2D eigenvalue weighted by Gasteiger charge is -2.29. The molecule has 43 heavy (non-hydrogen) atoms. The van der Waals surface area contributed by atoms with Crippen molar-refractivity contribution in [2.75, 3.05) is 18.9 Å². The number of allylic oxidation sites excluding steroid dienone is 1. The maximum absolute atomic E-state index is 13.0. The van der Waals surface area contributed by atoms with Crippen LogP contribution in [0.2, 0.25) is 0 Å². The first kappa shape index (κ1) is 30.1. The summed E-state index contributed by atoms with van der Waals surface area (Å²) in [4.78, 5) is 68.0. The van der Waals surface area contributed by atoms with Crippen molar-refractivity contribution in [3.8, 4) is 0 Å². The predicted molar refractivity (Wildman–Crippen MR) is 134 cm³/mol. The molecule has 4 aliphatic heterocycles. The molecule has 2 unspecified atom stereocenters. The van der Waals surface area contributed by atoms with E-state index in [0.717, 1.165) is 28.1 Å². The van der Waals surface area contributed by atoms with Crippen molar-refractivity contribution in [3.05, 3.63) is 29.0 Å². The zero-order valence-electron chi connectivity index (χ0n) is 21.5. The second-order valence-corrected chi connectivity index (χ2v) is 12.6. The summed E-state index contributed by atoms with van der Waals surface area (Å²) in [5.41, 5.74) is 4.62. The molecule has 0 radical (unpaired) electrons. The first-order valence-corrected chi connectivity index (χ1v) is 15.4. The number of imidazole rings is 1. The molecule has 2 aromatic rings. The normalized spacial score (nSPS) is 40.7. The van der Waals surface area contributed by atoms with E-state index >= 15 is 0 Å². The van der Waals surface area contributed by atoms with Crippen molar-refractivity contribution in [2.45, 2.75) is 55.5 Å². The molecular formula is C20H24N6O15P2. The minimum atomic E-state index is -5.09. The summed E-state index contributed by atoms with van der Waals surface area (Å²) in [6.07, 6.45) is -10.5. The van der Waals surface area contributed by atoms with E-state index in [1.165, 1.54) is 0 Å². The molecule has 7 N–H and O–H groups in total. The molecule has 21 nitrogen and oxygen atoms in total. The van der Waals surface area contributed by atoms with Gasteiger partial charge in [-0.2, -0.15) is 4.98 Å². The number of aliphatic hydroxyl groups excluding tert-OH is 2. The third-order valence-electron chi connectivity index (χ3n) is 6.97. The molecule has 0 aromatic carbocycles. The number of hydrogen-bond donors (Lipinski definition) is 6. The summed E-state index contributed by atoms with van der Waals surface area (Å²) in [5.74, 6) is -1.54. The number of carbonyl (C=O) groups excluding carboxylic acids is 2. The number of nitrogens with one attached hydrogen (secondary N) is 1. The van der Waals surface area contributed by atoms with Gasteiger partial charge in [0.1, 0.15) is 36.6 Å². The highest BCUT2D eigenvalue weighted by Gasteiger charge is 2.54. The van der Waals surface area contributed by atoms with E-state index in [9.17, 15) is 43.5 Å². The summed E-state index contributed by atoms with van der Waals surface area (Å²) in [7, 11) is -10.2. The number of rotatable bonds is 2. The quantitative estimate of drug-likeness (QED) is 0.143. The highest BCUT2D eigenvalue weighted by Crippen LogP contribution is 2.53. The standard InChI is InChI=1S/C20H24N6O15P2/c21-20-23-16-11(17(31)24-20)22-6-26(16)19-13(30)15-9(39-19)5-37-42(32,33)40-14-8(4-36-43(34,35)41-15)38-18(12(14)29)25-2-1-7(27)3-10(25)28/h1-2,6,8-9,12-15,18-19,29-30H,3-5H2,(H,32,33)(H,34,35)(H3,21,23,24,31)/t8-,9-,12-,13-,14-,15-,18-,19-/m1/s1. The summed E-state index contributed by atoms with van der Waals surface area (Å²) in [6, 6.07) is 0. The van der Waals surface area contributed by atoms with Gasteiger partial charge in [0.2, 0.25) is 11.9 Å². The third kappa shape index (κ3) is 5.70. The lowest BCUT2D eigenvalue weighted by atomic mass is 10.1. The van der Waals surface area contributed by atoms with Gasteiger partial charge in [0.05, 0.1) is 26.0 Å². The van der Waals surface area contributed by atoms with Crippen molar-refractivity contribution >= 4 is 44.4 Å². The van der Waals surface area contributed by atoms with Crippen molar-refractivity contribution in [3.63, 3.8) is 0 Å². The number of phosphoric ester groups is 2. The summed E-state index contributed by atoms with van der Waals surface area (Å²) >= 11 is 0. The van der Waals surface area contributed by atoms with Crippen LogP contribution in [0.15, 0.2) is 23.4 Å². The van der Waals surface area contributed by atoms with Crippen LogP contribution in [0.4, 0.5) is 5.95 Å². The molecular weight excluding hydrogens is 626 g/mol. The van der Waals surface area contributed by atoms with E-state index in [4.69, 9.17) is 33.3 Å². The molecule has 10 atom stereocenters. The fraction of sp³-hybridized carbons (Fsp3) is 0.550. The first-order valence-electron chi connectivity index (χ1n) is 12.5. The smallest absolute Gasteiger partial charge is 0.386 e. The zero-order valence-corrected chi connectivity index (χ0v) is 23.3. The second kappa shape index (κ2) is 10.9. The van der Waals surface area contributed by atoms with E-state index in [2.05, 4.69) is 15.0 Å². The van der Waals surface area contributed by atoms with Gasteiger partial charge >= 0.3 is 15.6 Å². The molecule has 3 saturated heterocycles. The van der Waals surface area contributed by atoms with Crippen LogP contribution in [-0.4, -0.2) is 112 Å². The number of nitrogen functional groups attached to an aromatic ring is 1. The Morgan fingerprint density at radius 1 is 0.953 bits per heavy atom. The number of anilines is 1. The van der Waals surface area contributed by atoms with E-state index in [0.29, 0.717) is 0 Å². The summed E-state index contributed by atoms with van der Waals surface area (Å²) in [5, 5.41) is 21.9. The summed E-state index contributed by atoms with van der Waals surface area (Å²) in [6.45, 7) is -1.76. The predicted octanol–water partition coefficient (Wildman–Crippen LogP) is -2.62. The number of phosphoric acid groups is 2. The minimum Gasteiger partial charge on any atom is -0.386 e. The van der Waals surface area contributed by atoms with Crippen molar-refractivity contribution in [1.29, 1.82) is 0 Å². The molecule has 0 spiro atoms. The Hall–Kier alpha value is -2.91. The summed E-state index contributed by atoms with van der Waals surface area (Å²) < 4.78 is 58.7. The van der Waals surface area contributed by atoms with E-state index in [-0.39, 0.29) is 17.1 Å². The number of H-pyrrole nitrogens is 1. The van der Waals surface area contributed by atoms with Gasteiger partial charge in [0.15, 0.2) is 29.4 Å². The molecule has 0 saturated carbocycles. The third-order valence-corrected chi connectivity index (χ3v) is 8.94. The number of ether oxygens (including phenoxy) is 2. The number of nitrogens with two attached hydrogens (primary N) is 1. The maximum Gasteiger partial charge on any atom is 0.472 e. The number of aliphatic hydroxyl groups is 2. The Labute approximate surface area is 238 Å². The molecule has 23 heteroatoms. The van der Waals surface area contributed by atoms with E-state index < -0.39 is 102 Å². The number of hydrogen-bond acceptors (Lipinski definition) is 16. The number of fused-ring (bicyclic) bond motifs is 3. The van der Waals surface area contributed by atoms with Crippen LogP contribution in [-0.2, 0) is 46.3 Å². The van der Waals surface area contributed by atoms with Gasteiger partial charge < -0.3 is 35.2 Å². The van der Waals surface area contributed by atoms with Gasteiger partial charge in [0, 0.05) is 6.20 Å². The Kier molecular flexibility index (Phi) is 7.65. The molecule has 0 aliphatic carbocycles. The van der Waals surface area contributed by atoms with Crippen LogP contribution in [0, 0.1) is 0 Å². The number of nitrogens with zero attached hydrogens (tertiary/aromatic N) is 4. The molecule has 1 amide bonds. The van der Waals surface area contributed by atoms with Crippen molar-refractivity contribution in [1.82, 2.24) is 24.4 Å². The number of aromatic nitrogens is 4. The van der Waals surface area contributed by atoms with E-state index in [1.807, 2.05) is 0 Å². The molecule has 3 fully saturated rings. The topological polar surface area (TPSA) is 297 Å². The number of aromatic amines is 1. The van der Waals surface area contributed by atoms with Gasteiger partial charge in [-0.3, -0.25) is 46.9 Å². The van der Waals surface area contributed by atoms with Crippen LogP contribution < -0.4 is 11.3 Å².